The summed E-state index contributed by atoms with van der Waals surface area (Å²) < 4.78 is 13.5. The molecule has 0 saturated carbocycles. The topological polar surface area (TPSA) is 50.5 Å². The molecular weight excluding hydrogens is 558 g/mol. The SMILES string of the molecule is Cc1ccc(Oc2ccc(N3C(=S)N[C@H](c4ccccn4)[C@@H]3c3ccc(-c4ccc(Br)cc4)o3)cc2)cc1. The summed E-state index contributed by atoms with van der Waals surface area (Å²) in [6.07, 6.45) is 1.80. The Kier molecular flexibility index (Phi) is 6.70. The number of rotatable bonds is 6. The molecule has 1 fully saturated rings. The van der Waals surface area contributed by atoms with Crippen LogP contribution < -0.4 is 15.0 Å². The maximum absolute atomic E-state index is 6.45. The summed E-state index contributed by atoms with van der Waals surface area (Å²) in [5, 5.41) is 4.09. The molecule has 5 nitrogen and oxygen atoms in total. The van der Waals surface area contributed by atoms with Crippen molar-refractivity contribution in [3.63, 3.8) is 0 Å². The number of hydrogen-bond acceptors (Lipinski definition) is 4. The Bertz CT molecular complexity index is 1550. The van der Waals surface area contributed by atoms with Crippen LogP contribution in [-0.4, -0.2) is 10.1 Å². The van der Waals surface area contributed by atoms with Gasteiger partial charge in [-0.3, -0.25) is 4.98 Å². The van der Waals surface area contributed by atoms with E-state index in [4.69, 9.17) is 21.4 Å². The maximum atomic E-state index is 6.45. The van der Waals surface area contributed by atoms with E-state index in [2.05, 4.69) is 38.1 Å². The molecule has 5 aromatic rings. The summed E-state index contributed by atoms with van der Waals surface area (Å²) in [7, 11) is 0. The van der Waals surface area contributed by atoms with Crippen LogP contribution in [0, 0.1) is 6.92 Å². The first-order valence-corrected chi connectivity index (χ1v) is 13.5. The van der Waals surface area contributed by atoms with E-state index in [1.807, 2.05) is 103 Å². The van der Waals surface area contributed by atoms with Crippen molar-refractivity contribution in [2.24, 2.45) is 0 Å². The Hall–Kier alpha value is -3.94. The van der Waals surface area contributed by atoms with Crippen molar-refractivity contribution in [3.8, 4) is 22.8 Å². The number of anilines is 1. The Balaban J connectivity index is 1.34. The Morgan fingerprint density at radius 2 is 1.58 bits per heavy atom. The molecule has 38 heavy (non-hydrogen) atoms. The summed E-state index contributed by atoms with van der Waals surface area (Å²) in [4.78, 5) is 6.72. The highest BCUT2D eigenvalue weighted by Gasteiger charge is 2.42. The third-order valence-electron chi connectivity index (χ3n) is 6.52. The van der Waals surface area contributed by atoms with Gasteiger partial charge in [-0.2, -0.15) is 0 Å². The fraction of sp³-hybridized carbons (Fsp3) is 0.0968. The summed E-state index contributed by atoms with van der Waals surface area (Å²) in [6.45, 7) is 2.06. The number of pyridine rings is 1. The van der Waals surface area contributed by atoms with Crippen molar-refractivity contribution in [3.05, 3.63) is 131 Å². The van der Waals surface area contributed by atoms with Gasteiger partial charge in [-0.25, -0.2) is 0 Å². The fourth-order valence-electron chi connectivity index (χ4n) is 4.62. The van der Waals surface area contributed by atoms with E-state index in [0.29, 0.717) is 5.11 Å². The van der Waals surface area contributed by atoms with Crippen LogP contribution in [0.1, 0.15) is 29.1 Å². The van der Waals surface area contributed by atoms with Crippen molar-refractivity contribution in [2.45, 2.75) is 19.0 Å². The molecule has 0 bridgehead atoms. The third kappa shape index (κ3) is 4.95. The molecule has 188 valence electrons. The number of nitrogens with zero attached hydrogens (tertiary/aromatic N) is 2. The van der Waals surface area contributed by atoms with Gasteiger partial charge < -0.3 is 19.4 Å². The third-order valence-corrected chi connectivity index (χ3v) is 7.36. The van der Waals surface area contributed by atoms with Crippen LogP contribution in [0.2, 0.25) is 0 Å². The highest BCUT2D eigenvalue weighted by molar-refractivity contribution is 9.10. The lowest BCUT2D eigenvalue weighted by Crippen LogP contribution is -2.29. The summed E-state index contributed by atoms with van der Waals surface area (Å²) in [5.74, 6) is 3.15. The molecule has 0 aliphatic carbocycles. The van der Waals surface area contributed by atoms with E-state index in [0.717, 1.165) is 44.4 Å². The average molecular weight is 583 g/mol. The number of benzene rings is 3. The molecule has 3 heterocycles. The quantitative estimate of drug-likeness (QED) is 0.203. The van der Waals surface area contributed by atoms with Crippen molar-refractivity contribution in [2.75, 3.05) is 4.90 Å². The maximum Gasteiger partial charge on any atom is 0.174 e. The average Bonchev–Trinajstić information content (AvgIpc) is 3.56. The molecule has 0 amide bonds. The standard InChI is InChI=1S/C31H24BrN3O2S/c1-20-5-13-24(14-6-20)36-25-15-11-23(12-16-25)35-30(29(34-31(35)38)26-4-2-3-19-33-26)28-18-17-27(37-28)21-7-9-22(32)10-8-21/h2-19,29-30H,1H3,(H,34,38)/t29-,30+/m1/s1. The van der Waals surface area contributed by atoms with Crippen molar-refractivity contribution >= 4 is 38.9 Å². The van der Waals surface area contributed by atoms with Crippen molar-refractivity contribution in [1.29, 1.82) is 0 Å². The number of furan rings is 1. The zero-order chi connectivity index (χ0) is 26.1. The van der Waals surface area contributed by atoms with E-state index in [1.54, 1.807) is 6.20 Å². The summed E-state index contributed by atoms with van der Waals surface area (Å²) in [6, 6.07) is 33.6. The number of aryl methyl sites for hydroxylation is 1. The number of nitrogens with one attached hydrogen (secondary N) is 1. The smallest absolute Gasteiger partial charge is 0.174 e. The molecule has 0 radical (unpaired) electrons. The van der Waals surface area contributed by atoms with E-state index in [1.165, 1.54) is 5.56 Å². The summed E-state index contributed by atoms with van der Waals surface area (Å²) >= 11 is 9.35. The van der Waals surface area contributed by atoms with Gasteiger partial charge in [0.05, 0.1) is 11.7 Å². The molecule has 2 atom stereocenters. The van der Waals surface area contributed by atoms with Gasteiger partial charge >= 0.3 is 0 Å². The number of thiocarbonyl (C=S) groups is 1. The molecular formula is C31H24BrN3O2S. The number of ether oxygens (including phenoxy) is 1. The lowest BCUT2D eigenvalue weighted by molar-refractivity contribution is 0.439. The van der Waals surface area contributed by atoms with Crippen LogP contribution in [0.3, 0.4) is 0 Å². The Labute approximate surface area is 235 Å². The zero-order valence-corrected chi connectivity index (χ0v) is 22.9. The molecule has 7 heteroatoms. The molecule has 1 aliphatic rings. The summed E-state index contributed by atoms with van der Waals surface area (Å²) in [5.41, 5.74) is 4.02. The van der Waals surface area contributed by atoms with Gasteiger partial charge in [0.15, 0.2) is 5.11 Å². The minimum absolute atomic E-state index is 0.184. The van der Waals surface area contributed by atoms with Gasteiger partial charge in [0, 0.05) is 21.9 Å². The monoisotopic (exact) mass is 581 g/mol. The van der Waals surface area contributed by atoms with E-state index < -0.39 is 0 Å². The normalized spacial score (nSPS) is 16.9. The van der Waals surface area contributed by atoms with Gasteiger partial charge in [0.2, 0.25) is 0 Å². The number of aromatic nitrogens is 1. The van der Waals surface area contributed by atoms with Gasteiger partial charge in [-0.15, -0.1) is 0 Å². The molecule has 1 aliphatic heterocycles. The molecule has 6 rings (SSSR count). The van der Waals surface area contributed by atoms with Crippen LogP contribution in [0.4, 0.5) is 5.69 Å². The van der Waals surface area contributed by atoms with Gasteiger partial charge in [-0.05, 0) is 91.9 Å². The predicted octanol–water partition coefficient (Wildman–Crippen LogP) is 8.38. The molecule has 3 aromatic carbocycles. The minimum atomic E-state index is -0.231. The first kappa shape index (κ1) is 24.4. The van der Waals surface area contributed by atoms with Gasteiger partial charge in [0.25, 0.3) is 0 Å². The fourth-order valence-corrected chi connectivity index (χ4v) is 5.23. The second-order valence-electron chi connectivity index (χ2n) is 9.11. The van der Waals surface area contributed by atoms with Crippen LogP contribution in [-0.2, 0) is 0 Å². The second kappa shape index (κ2) is 10.4. The first-order chi connectivity index (χ1) is 18.5. The molecule has 2 aromatic heterocycles. The zero-order valence-electron chi connectivity index (χ0n) is 20.5. The molecule has 0 unspecified atom stereocenters. The molecule has 1 saturated heterocycles. The lowest BCUT2D eigenvalue weighted by atomic mass is 10.0. The minimum Gasteiger partial charge on any atom is -0.459 e. The highest BCUT2D eigenvalue weighted by atomic mass is 79.9. The second-order valence-corrected chi connectivity index (χ2v) is 10.4. The van der Waals surface area contributed by atoms with Gasteiger partial charge in [0.1, 0.15) is 29.1 Å². The van der Waals surface area contributed by atoms with E-state index in [9.17, 15) is 0 Å². The van der Waals surface area contributed by atoms with Crippen LogP contribution in [0.5, 0.6) is 11.5 Å². The number of hydrogen-bond donors (Lipinski definition) is 1. The Morgan fingerprint density at radius 3 is 2.26 bits per heavy atom. The highest BCUT2D eigenvalue weighted by Crippen LogP contribution is 2.43. The predicted molar refractivity (Wildman–Crippen MR) is 157 cm³/mol. The van der Waals surface area contributed by atoms with Crippen LogP contribution >= 0.6 is 28.1 Å². The molecule has 0 spiro atoms. The largest absolute Gasteiger partial charge is 0.459 e. The Morgan fingerprint density at radius 1 is 0.868 bits per heavy atom. The van der Waals surface area contributed by atoms with E-state index >= 15 is 0 Å². The number of halogens is 1. The van der Waals surface area contributed by atoms with Gasteiger partial charge in [-0.1, -0.05) is 51.8 Å². The van der Waals surface area contributed by atoms with E-state index in [-0.39, 0.29) is 12.1 Å². The lowest BCUT2D eigenvalue weighted by Gasteiger charge is -2.26. The first-order valence-electron chi connectivity index (χ1n) is 12.3. The molecule has 1 N–H and O–H groups in total. The van der Waals surface area contributed by atoms with Crippen LogP contribution in [0.15, 0.2) is 118 Å². The van der Waals surface area contributed by atoms with Crippen LogP contribution in [0.25, 0.3) is 11.3 Å². The van der Waals surface area contributed by atoms with Crippen molar-refractivity contribution < 1.29 is 9.15 Å². The van der Waals surface area contributed by atoms with Crippen molar-refractivity contribution in [1.82, 2.24) is 10.3 Å².